The molecule has 0 radical (unpaired) electrons. The van der Waals surface area contributed by atoms with Crippen LogP contribution in [0.1, 0.15) is 39.2 Å². The number of carbonyl (C=O) groups excluding carboxylic acids is 1. The van der Waals surface area contributed by atoms with Crippen molar-refractivity contribution < 1.29 is 14.3 Å². The zero-order chi connectivity index (χ0) is 13.9. The molecule has 4 heteroatoms. The molecule has 0 bridgehead atoms. The van der Waals surface area contributed by atoms with E-state index < -0.39 is 5.41 Å². The predicted molar refractivity (Wildman–Crippen MR) is 73.5 cm³/mol. The molecule has 104 valence electrons. The SMILES string of the molecule is CCCCNC(=O)C(C)(C)c1ccc2c(c1)OCO2. The molecule has 0 saturated heterocycles. The standard InChI is InChI=1S/C15H21NO3/c1-4-5-8-16-14(17)15(2,3)11-6-7-12-13(9-11)19-10-18-12/h6-7,9H,4-5,8,10H2,1-3H3,(H,16,17). The summed E-state index contributed by atoms with van der Waals surface area (Å²) in [5, 5.41) is 2.98. The van der Waals surface area contributed by atoms with Gasteiger partial charge in [0, 0.05) is 6.54 Å². The Bertz CT molecular complexity index is 468. The summed E-state index contributed by atoms with van der Waals surface area (Å²) >= 11 is 0. The molecule has 1 aromatic carbocycles. The first-order valence-corrected chi connectivity index (χ1v) is 6.74. The average Bonchev–Trinajstić information content (AvgIpc) is 2.85. The summed E-state index contributed by atoms with van der Waals surface area (Å²) in [4.78, 5) is 12.3. The fourth-order valence-corrected chi connectivity index (χ4v) is 2.02. The molecule has 1 heterocycles. The molecule has 0 saturated carbocycles. The summed E-state index contributed by atoms with van der Waals surface area (Å²) in [7, 11) is 0. The third kappa shape index (κ3) is 2.83. The van der Waals surface area contributed by atoms with E-state index in [0.29, 0.717) is 5.75 Å². The van der Waals surface area contributed by atoms with E-state index in [9.17, 15) is 4.79 Å². The first-order chi connectivity index (χ1) is 9.05. The van der Waals surface area contributed by atoms with Crippen molar-refractivity contribution in [2.45, 2.75) is 39.0 Å². The van der Waals surface area contributed by atoms with Gasteiger partial charge < -0.3 is 14.8 Å². The molecule has 4 nitrogen and oxygen atoms in total. The summed E-state index contributed by atoms with van der Waals surface area (Å²) in [6.07, 6.45) is 2.08. The maximum atomic E-state index is 12.3. The molecule has 2 rings (SSSR count). The second-order valence-electron chi connectivity index (χ2n) is 5.30. The van der Waals surface area contributed by atoms with Crippen LogP contribution in [-0.4, -0.2) is 19.2 Å². The van der Waals surface area contributed by atoms with E-state index >= 15 is 0 Å². The lowest BCUT2D eigenvalue weighted by Crippen LogP contribution is -2.40. The van der Waals surface area contributed by atoms with Gasteiger partial charge in [-0.05, 0) is 38.0 Å². The third-order valence-corrected chi connectivity index (χ3v) is 3.48. The van der Waals surface area contributed by atoms with Crippen molar-refractivity contribution in [3.8, 4) is 11.5 Å². The molecule has 0 atom stereocenters. The Morgan fingerprint density at radius 2 is 2.05 bits per heavy atom. The number of benzene rings is 1. The van der Waals surface area contributed by atoms with Gasteiger partial charge in [0.25, 0.3) is 0 Å². The van der Waals surface area contributed by atoms with Gasteiger partial charge in [-0.1, -0.05) is 19.4 Å². The molecule has 1 N–H and O–H groups in total. The topological polar surface area (TPSA) is 47.6 Å². The monoisotopic (exact) mass is 263 g/mol. The highest BCUT2D eigenvalue weighted by molar-refractivity contribution is 5.87. The number of carbonyl (C=O) groups is 1. The molecule has 0 fully saturated rings. The minimum atomic E-state index is -0.575. The molecular formula is C15H21NO3. The van der Waals surface area contributed by atoms with E-state index in [4.69, 9.17) is 9.47 Å². The van der Waals surface area contributed by atoms with Gasteiger partial charge in [0.2, 0.25) is 12.7 Å². The molecule has 19 heavy (non-hydrogen) atoms. The van der Waals surface area contributed by atoms with E-state index in [-0.39, 0.29) is 12.7 Å². The lowest BCUT2D eigenvalue weighted by atomic mass is 9.83. The van der Waals surface area contributed by atoms with Crippen molar-refractivity contribution in [2.24, 2.45) is 0 Å². The first-order valence-electron chi connectivity index (χ1n) is 6.74. The Kier molecular flexibility index (Phi) is 3.98. The van der Waals surface area contributed by atoms with Crippen molar-refractivity contribution in [2.75, 3.05) is 13.3 Å². The fraction of sp³-hybridized carbons (Fsp3) is 0.533. The summed E-state index contributed by atoms with van der Waals surface area (Å²) in [5.74, 6) is 1.50. The molecule has 1 amide bonds. The van der Waals surface area contributed by atoms with Crippen LogP contribution in [0.15, 0.2) is 18.2 Å². The molecule has 0 unspecified atom stereocenters. The Labute approximate surface area is 114 Å². The predicted octanol–water partition coefficient (Wildman–Crippen LogP) is 2.61. The van der Waals surface area contributed by atoms with Crippen LogP contribution in [0, 0.1) is 0 Å². The summed E-state index contributed by atoms with van der Waals surface area (Å²) in [6, 6.07) is 5.67. The van der Waals surface area contributed by atoms with E-state index in [1.807, 2.05) is 32.0 Å². The Morgan fingerprint density at radius 3 is 2.79 bits per heavy atom. The van der Waals surface area contributed by atoms with Crippen molar-refractivity contribution in [1.29, 1.82) is 0 Å². The van der Waals surface area contributed by atoms with Crippen LogP contribution in [0.4, 0.5) is 0 Å². The highest BCUT2D eigenvalue weighted by Gasteiger charge is 2.31. The zero-order valence-corrected chi connectivity index (χ0v) is 11.8. The zero-order valence-electron chi connectivity index (χ0n) is 11.8. The number of rotatable bonds is 5. The number of unbranched alkanes of at least 4 members (excludes halogenated alkanes) is 1. The van der Waals surface area contributed by atoms with Crippen LogP contribution in [0.3, 0.4) is 0 Å². The van der Waals surface area contributed by atoms with Crippen molar-refractivity contribution in [1.82, 2.24) is 5.32 Å². The molecule has 0 spiro atoms. The van der Waals surface area contributed by atoms with Gasteiger partial charge in [-0.15, -0.1) is 0 Å². The normalized spacial score (nSPS) is 13.4. The lowest BCUT2D eigenvalue weighted by Gasteiger charge is -2.24. The maximum Gasteiger partial charge on any atom is 0.231 e. The molecule has 0 aromatic heterocycles. The molecular weight excluding hydrogens is 242 g/mol. The Hall–Kier alpha value is -1.71. The Morgan fingerprint density at radius 1 is 1.32 bits per heavy atom. The van der Waals surface area contributed by atoms with E-state index in [1.54, 1.807) is 0 Å². The highest BCUT2D eigenvalue weighted by Crippen LogP contribution is 2.36. The van der Waals surface area contributed by atoms with Crippen LogP contribution in [0.25, 0.3) is 0 Å². The first kappa shape index (κ1) is 13.7. The van der Waals surface area contributed by atoms with E-state index in [1.165, 1.54) is 0 Å². The van der Waals surface area contributed by atoms with E-state index in [0.717, 1.165) is 30.7 Å². The second kappa shape index (κ2) is 5.51. The second-order valence-corrected chi connectivity index (χ2v) is 5.30. The van der Waals surface area contributed by atoms with Crippen LogP contribution < -0.4 is 14.8 Å². The molecule has 1 aromatic rings. The van der Waals surface area contributed by atoms with Gasteiger partial charge in [-0.2, -0.15) is 0 Å². The number of nitrogens with one attached hydrogen (secondary N) is 1. The van der Waals surface area contributed by atoms with E-state index in [2.05, 4.69) is 12.2 Å². The third-order valence-electron chi connectivity index (χ3n) is 3.48. The highest BCUT2D eigenvalue weighted by atomic mass is 16.7. The van der Waals surface area contributed by atoms with Gasteiger partial charge in [0.15, 0.2) is 11.5 Å². The van der Waals surface area contributed by atoms with Crippen molar-refractivity contribution >= 4 is 5.91 Å². The maximum absolute atomic E-state index is 12.3. The molecule has 1 aliphatic rings. The summed E-state index contributed by atoms with van der Waals surface area (Å²) < 4.78 is 10.6. The number of amides is 1. The lowest BCUT2D eigenvalue weighted by molar-refractivity contribution is -0.125. The number of fused-ring (bicyclic) bond motifs is 1. The van der Waals surface area contributed by atoms with Gasteiger partial charge in [-0.3, -0.25) is 4.79 Å². The van der Waals surface area contributed by atoms with Crippen LogP contribution in [0.5, 0.6) is 11.5 Å². The Balaban J connectivity index is 2.12. The minimum Gasteiger partial charge on any atom is -0.454 e. The van der Waals surface area contributed by atoms with Crippen LogP contribution in [0.2, 0.25) is 0 Å². The molecule has 1 aliphatic heterocycles. The largest absolute Gasteiger partial charge is 0.454 e. The smallest absolute Gasteiger partial charge is 0.231 e. The minimum absolute atomic E-state index is 0.0415. The number of hydrogen-bond acceptors (Lipinski definition) is 3. The van der Waals surface area contributed by atoms with Crippen molar-refractivity contribution in [3.05, 3.63) is 23.8 Å². The van der Waals surface area contributed by atoms with Crippen molar-refractivity contribution in [3.63, 3.8) is 0 Å². The average molecular weight is 263 g/mol. The summed E-state index contributed by atoms with van der Waals surface area (Å²) in [6.45, 7) is 6.93. The molecule has 0 aliphatic carbocycles. The quantitative estimate of drug-likeness (QED) is 0.831. The van der Waals surface area contributed by atoms with Crippen LogP contribution >= 0.6 is 0 Å². The van der Waals surface area contributed by atoms with Gasteiger partial charge in [0.1, 0.15) is 0 Å². The summed E-state index contributed by atoms with van der Waals surface area (Å²) in [5.41, 5.74) is 0.361. The van der Waals surface area contributed by atoms with Crippen LogP contribution in [-0.2, 0) is 10.2 Å². The fourth-order valence-electron chi connectivity index (χ4n) is 2.02. The van der Waals surface area contributed by atoms with Gasteiger partial charge in [0.05, 0.1) is 5.41 Å². The number of hydrogen-bond donors (Lipinski definition) is 1. The van der Waals surface area contributed by atoms with Gasteiger partial charge >= 0.3 is 0 Å². The number of ether oxygens (including phenoxy) is 2. The van der Waals surface area contributed by atoms with Gasteiger partial charge in [-0.25, -0.2) is 0 Å².